The Balaban J connectivity index is 2.52. The van der Waals surface area contributed by atoms with Gasteiger partial charge in [0.2, 0.25) is 10.0 Å². The minimum Gasteiger partial charge on any atom is -0.381 e. The summed E-state index contributed by atoms with van der Waals surface area (Å²) in [5.41, 5.74) is 0. The average Bonchev–Trinajstić information content (AvgIpc) is 2.14. The van der Waals surface area contributed by atoms with Crippen molar-refractivity contribution in [3.05, 3.63) is 0 Å². The summed E-state index contributed by atoms with van der Waals surface area (Å²) < 4.78 is 32.2. The van der Waals surface area contributed by atoms with Crippen LogP contribution in [0.2, 0.25) is 0 Å². The summed E-state index contributed by atoms with van der Waals surface area (Å²) in [5, 5.41) is 4.97. The molecule has 6 heteroatoms. The molecule has 1 saturated heterocycles. The van der Waals surface area contributed by atoms with Gasteiger partial charge in [0.15, 0.2) is 0 Å². The molecule has 1 heterocycles. The second kappa shape index (κ2) is 5.06. The Kier molecular flexibility index (Phi) is 4.31. The van der Waals surface area contributed by atoms with Gasteiger partial charge in [-0.3, -0.25) is 0 Å². The lowest BCUT2D eigenvalue weighted by Crippen LogP contribution is -2.37. The van der Waals surface area contributed by atoms with Gasteiger partial charge in [-0.25, -0.2) is 13.6 Å². The van der Waals surface area contributed by atoms with Crippen LogP contribution in [-0.4, -0.2) is 40.6 Å². The molecular formula is C8H17NO4S. The van der Waals surface area contributed by atoms with E-state index in [-0.39, 0.29) is 17.8 Å². The monoisotopic (exact) mass is 223 g/mol. The number of hydrogen-bond donors (Lipinski definition) is 1. The predicted octanol–water partition coefficient (Wildman–Crippen LogP) is -0.283. The van der Waals surface area contributed by atoms with Gasteiger partial charge in [-0.1, -0.05) is 0 Å². The molecule has 5 nitrogen and oxygen atoms in total. The molecule has 0 aromatic heterocycles. The van der Waals surface area contributed by atoms with E-state index in [0.717, 1.165) is 19.4 Å². The summed E-state index contributed by atoms with van der Waals surface area (Å²) in [6.07, 6.45) is 1.55. The smallest absolute Gasteiger partial charge is 0.211 e. The third-order valence-corrected chi connectivity index (χ3v) is 3.21. The number of primary sulfonamides is 1. The quantitative estimate of drug-likeness (QED) is 0.710. The highest BCUT2D eigenvalue weighted by molar-refractivity contribution is 7.89. The van der Waals surface area contributed by atoms with Crippen LogP contribution in [0.3, 0.4) is 0 Å². The first-order valence-corrected chi connectivity index (χ1v) is 6.35. The van der Waals surface area contributed by atoms with E-state index in [2.05, 4.69) is 0 Å². The maximum Gasteiger partial charge on any atom is 0.211 e. The second-order valence-electron chi connectivity index (χ2n) is 3.58. The molecule has 1 aliphatic heterocycles. The van der Waals surface area contributed by atoms with Gasteiger partial charge < -0.3 is 9.47 Å². The van der Waals surface area contributed by atoms with E-state index in [0.29, 0.717) is 6.61 Å². The van der Waals surface area contributed by atoms with Crippen molar-refractivity contribution in [3.8, 4) is 0 Å². The molecule has 2 atom stereocenters. The molecule has 0 aromatic carbocycles. The van der Waals surface area contributed by atoms with Crippen LogP contribution in [0, 0.1) is 5.92 Å². The zero-order valence-electron chi connectivity index (χ0n) is 8.31. The van der Waals surface area contributed by atoms with Gasteiger partial charge in [0.25, 0.3) is 0 Å². The lowest BCUT2D eigenvalue weighted by molar-refractivity contribution is -0.0189. The van der Waals surface area contributed by atoms with Crippen molar-refractivity contribution >= 4 is 10.0 Å². The van der Waals surface area contributed by atoms with Crippen LogP contribution >= 0.6 is 0 Å². The molecule has 1 aliphatic rings. The number of rotatable bonds is 4. The highest BCUT2D eigenvalue weighted by Crippen LogP contribution is 2.20. The Hall–Kier alpha value is -0.170. The standard InChI is InChI=1S/C8H17NO4S/c1-12-8(6-14(9,10)11)7-3-2-4-13-5-7/h7-8H,2-6H2,1H3,(H2,9,10,11). The molecule has 84 valence electrons. The third kappa shape index (κ3) is 3.91. The lowest BCUT2D eigenvalue weighted by Gasteiger charge is -2.28. The molecule has 2 unspecified atom stereocenters. The summed E-state index contributed by atoms with van der Waals surface area (Å²) in [6, 6.07) is 0. The Morgan fingerprint density at radius 3 is 2.79 bits per heavy atom. The van der Waals surface area contributed by atoms with E-state index < -0.39 is 10.0 Å². The normalized spacial score (nSPS) is 26.0. The molecule has 2 N–H and O–H groups in total. The van der Waals surface area contributed by atoms with Gasteiger partial charge in [0.05, 0.1) is 18.5 Å². The van der Waals surface area contributed by atoms with Crippen molar-refractivity contribution in [2.45, 2.75) is 18.9 Å². The van der Waals surface area contributed by atoms with E-state index in [1.165, 1.54) is 7.11 Å². The van der Waals surface area contributed by atoms with E-state index >= 15 is 0 Å². The fourth-order valence-corrected chi connectivity index (χ4v) is 2.55. The van der Waals surface area contributed by atoms with E-state index in [9.17, 15) is 8.42 Å². The van der Waals surface area contributed by atoms with Crippen LogP contribution in [0.5, 0.6) is 0 Å². The van der Waals surface area contributed by atoms with Crippen molar-refractivity contribution in [2.24, 2.45) is 11.1 Å². The second-order valence-corrected chi connectivity index (χ2v) is 5.24. The maximum atomic E-state index is 10.9. The van der Waals surface area contributed by atoms with Gasteiger partial charge in [0, 0.05) is 19.6 Å². The molecule has 0 bridgehead atoms. The van der Waals surface area contributed by atoms with Gasteiger partial charge in [-0.15, -0.1) is 0 Å². The number of hydrogen-bond acceptors (Lipinski definition) is 4. The largest absolute Gasteiger partial charge is 0.381 e. The van der Waals surface area contributed by atoms with Gasteiger partial charge in [-0.05, 0) is 12.8 Å². The zero-order valence-corrected chi connectivity index (χ0v) is 9.13. The fourth-order valence-electron chi connectivity index (χ4n) is 1.68. The first kappa shape index (κ1) is 11.9. The van der Waals surface area contributed by atoms with E-state index in [1.54, 1.807) is 0 Å². The Morgan fingerprint density at radius 1 is 1.64 bits per heavy atom. The highest BCUT2D eigenvalue weighted by atomic mass is 32.2. The Morgan fingerprint density at radius 2 is 2.36 bits per heavy atom. The fraction of sp³-hybridized carbons (Fsp3) is 1.00. The lowest BCUT2D eigenvalue weighted by atomic mass is 9.97. The van der Waals surface area contributed by atoms with E-state index in [1.807, 2.05) is 0 Å². The molecule has 1 fully saturated rings. The number of nitrogens with two attached hydrogens (primary N) is 1. The molecule has 0 spiro atoms. The summed E-state index contributed by atoms with van der Waals surface area (Å²) >= 11 is 0. The molecule has 14 heavy (non-hydrogen) atoms. The minimum atomic E-state index is -3.47. The molecule has 0 radical (unpaired) electrons. The Bertz CT molecular complexity index is 259. The summed E-state index contributed by atoms with van der Waals surface area (Å²) in [7, 11) is -1.96. The van der Waals surface area contributed by atoms with Crippen molar-refractivity contribution < 1.29 is 17.9 Å². The average molecular weight is 223 g/mol. The molecule has 0 amide bonds. The van der Waals surface area contributed by atoms with E-state index in [4.69, 9.17) is 14.6 Å². The van der Waals surface area contributed by atoms with Gasteiger partial charge >= 0.3 is 0 Å². The van der Waals surface area contributed by atoms with Crippen molar-refractivity contribution in [1.82, 2.24) is 0 Å². The highest BCUT2D eigenvalue weighted by Gasteiger charge is 2.27. The van der Waals surface area contributed by atoms with Crippen LogP contribution in [-0.2, 0) is 19.5 Å². The van der Waals surface area contributed by atoms with Gasteiger partial charge in [0.1, 0.15) is 0 Å². The first-order chi connectivity index (χ1) is 6.53. The van der Waals surface area contributed by atoms with Crippen LogP contribution in [0.15, 0.2) is 0 Å². The third-order valence-electron chi connectivity index (χ3n) is 2.42. The Labute approximate surface area is 84.6 Å². The molecular weight excluding hydrogens is 206 g/mol. The van der Waals surface area contributed by atoms with Crippen molar-refractivity contribution in [3.63, 3.8) is 0 Å². The predicted molar refractivity (Wildman–Crippen MR) is 52.3 cm³/mol. The topological polar surface area (TPSA) is 78.6 Å². The number of sulfonamides is 1. The van der Waals surface area contributed by atoms with Crippen LogP contribution < -0.4 is 5.14 Å². The minimum absolute atomic E-state index is 0.127. The van der Waals surface area contributed by atoms with Crippen LogP contribution in [0.25, 0.3) is 0 Å². The van der Waals surface area contributed by atoms with Gasteiger partial charge in [-0.2, -0.15) is 0 Å². The molecule has 1 rings (SSSR count). The van der Waals surface area contributed by atoms with Crippen molar-refractivity contribution in [2.75, 3.05) is 26.1 Å². The molecule has 0 aromatic rings. The molecule has 0 aliphatic carbocycles. The summed E-state index contributed by atoms with van der Waals surface area (Å²) in [5.74, 6) is 0.0180. The van der Waals surface area contributed by atoms with Crippen LogP contribution in [0.1, 0.15) is 12.8 Å². The number of methoxy groups -OCH3 is 1. The zero-order chi connectivity index (χ0) is 10.6. The van der Waals surface area contributed by atoms with Crippen LogP contribution in [0.4, 0.5) is 0 Å². The summed E-state index contributed by atoms with van der Waals surface area (Å²) in [6.45, 7) is 1.32. The maximum absolute atomic E-state index is 10.9. The SMILES string of the molecule is COC(CS(N)(=O)=O)C1CCCOC1. The first-order valence-electron chi connectivity index (χ1n) is 4.64. The number of ether oxygens (including phenoxy) is 2. The summed E-state index contributed by atoms with van der Waals surface area (Å²) in [4.78, 5) is 0. The molecule has 0 saturated carbocycles. The van der Waals surface area contributed by atoms with Crippen molar-refractivity contribution in [1.29, 1.82) is 0 Å².